The Morgan fingerprint density at radius 1 is 1.09 bits per heavy atom. The summed E-state index contributed by atoms with van der Waals surface area (Å²) in [5.41, 5.74) is 0.888. The van der Waals surface area contributed by atoms with Gasteiger partial charge in [-0.3, -0.25) is 9.69 Å². The quantitative estimate of drug-likeness (QED) is 0.410. The van der Waals surface area contributed by atoms with Gasteiger partial charge in [0.25, 0.3) is 11.6 Å². The molecule has 6 nitrogen and oxygen atoms in total. The smallest absolute Gasteiger partial charge is 0.329 e. The average molecular weight is 529 g/mol. The molecule has 0 bridgehead atoms. The van der Waals surface area contributed by atoms with Crippen molar-refractivity contribution in [3.63, 3.8) is 0 Å². The molecule has 3 aromatic carbocycles. The van der Waals surface area contributed by atoms with Gasteiger partial charge in [-0.25, -0.2) is 4.79 Å². The number of fused-ring (bicyclic) bond motifs is 1. The van der Waals surface area contributed by atoms with Crippen LogP contribution >= 0.6 is 27.5 Å². The average Bonchev–Trinajstić information content (AvgIpc) is 2.81. The van der Waals surface area contributed by atoms with Crippen molar-refractivity contribution in [1.29, 1.82) is 0 Å². The maximum Gasteiger partial charge on any atom is 0.329 e. The van der Waals surface area contributed by atoms with Crippen molar-refractivity contribution in [2.75, 3.05) is 16.8 Å². The molecule has 170 valence electrons. The van der Waals surface area contributed by atoms with Crippen LogP contribution in [0, 0.1) is 0 Å². The number of amides is 3. The van der Waals surface area contributed by atoms with Crippen LogP contribution in [0.5, 0.6) is 0 Å². The standard InChI is InChI=1S/C25H23BrClN3O3/c1-2-16-5-10-20(11-6-16)30-24(32)29-22-12-7-18(26)15-21(22)25(30,33)23(31)28-14-13-17-3-8-19(27)9-4-17/h3-12,15,33H,2,13-14H2,1H3,(H,28,31)(H,29,32). The van der Waals surface area contributed by atoms with Gasteiger partial charge in [-0.1, -0.05) is 58.7 Å². The lowest BCUT2D eigenvalue weighted by Crippen LogP contribution is -2.62. The molecule has 3 amide bonds. The molecule has 1 heterocycles. The van der Waals surface area contributed by atoms with Crippen LogP contribution in [0.15, 0.2) is 71.2 Å². The second-order valence-corrected chi connectivity index (χ2v) is 9.13. The number of carbonyl (C=O) groups is 2. The highest BCUT2D eigenvalue weighted by Crippen LogP contribution is 2.41. The van der Waals surface area contributed by atoms with Crippen LogP contribution in [-0.2, 0) is 23.4 Å². The van der Waals surface area contributed by atoms with E-state index in [0.717, 1.165) is 22.4 Å². The molecule has 3 aromatic rings. The molecule has 4 rings (SSSR count). The van der Waals surface area contributed by atoms with Gasteiger partial charge in [0.15, 0.2) is 0 Å². The Bertz CT molecular complexity index is 1180. The monoisotopic (exact) mass is 527 g/mol. The number of nitrogens with one attached hydrogen (secondary N) is 2. The van der Waals surface area contributed by atoms with Gasteiger partial charge >= 0.3 is 6.03 Å². The number of benzene rings is 3. The van der Waals surface area contributed by atoms with E-state index in [1.165, 1.54) is 0 Å². The van der Waals surface area contributed by atoms with Gasteiger partial charge < -0.3 is 15.7 Å². The van der Waals surface area contributed by atoms with E-state index >= 15 is 0 Å². The fourth-order valence-electron chi connectivity index (χ4n) is 3.86. The Morgan fingerprint density at radius 3 is 2.42 bits per heavy atom. The number of aliphatic hydroxyl groups is 1. The first kappa shape index (κ1) is 23.3. The van der Waals surface area contributed by atoms with Crippen molar-refractivity contribution in [2.45, 2.75) is 25.5 Å². The lowest BCUT2D eigenvalue weighted by atomic mass is 9.94. The third-order valence-corrected chi connectivity index (χ3v) is 6.40. The summed E-state index contributed by atoms with van der Waals surface area (Å²) >= 11 is 9.34. The van der Waals surface area contributed by atoms with Gasteiger partial charge in [0, 0.05) is 27.3 Å². The molecule has 1 unspecified atom stereocenters. The lowest BCUT2D eigenvalue weighted by molar-refractivity contribution is -0.140. The van der Waals surface area contributed by atoms with Crippen LogP contribution in [0.1, 0.15) is 23.6 Å². The van der Waals surface area contributed by atoms with E-state index in [-0.39, 0.29) is 12.1 Å². The van der Waals surface area contributed by atoms with Gasteiger partial charge in [-0.2, -0.15) is 0 Å². The molecule has 8 heteroatoms. The maximum absolute atomic E-state index is 13.5. The summed E-state index contributed by atoms with van der Waals surface area (Å²) in [6.45, 7) is 2.30. The van der Waals surface area contributed by atoms with Gasteiger partial charge in [0.05, 0.1) is 5.69 Å². The Labute approximate surface area is 205 Å². The number of urea groups is 1. The molecule has 0 radical (unpaired) electrons. The van der Waals surface area contributed by atoms with E-state index in [1.54, 1.807) is 42.5 Å². The zero-order valence-corrected chi connectivity index (χ0v) is 20.3. The molecule has 3 N–H and O–H groups in total. The molecule has 0 saturated carbocycles. The van der Waals surface area contributed by atoms with Crippen LogP contribution in [-0.4, -0.2) is 23.6 Å². The normalized spacial score (nSPS) is 17.3. The van der Waals surface area contributed by atoms with Gasteiger partial charge in [0.2, 0.25) is 0 Å². The third-order valence-electron chi connectivity index (χ3n) is 5.66. The van der Waals surface area contributed by atoms with Gasteiger partial charge in [-0.05, 0) is 66.4 Å². The summed E-state index contributed by atoms with van der Waals surface area (Å²) in [7, 11) is 0. The number of halogens is 2. The largest absolute Gasteiger partial charge is 0.359 e. The molecular formula is C25H23BrClN3O3. The van der Waals surface area contributed by atoms with E-state index in [1.807, 2.05) is 31.2 Å². The minimum atomic E-state index is -2.24. The highest BCUT2D eigenvalue weighted by molar-refractivity contribution is 9.10. The first-order chi connectivity index (χ1) is 15.8. The predicted molar refractivity (Wildman–Crippen MR) is 134 cm³/mol. The van der Waals surface area contributed by atoms with Gasteiger partial charge in [-0.15, -0.1) is 0 Å². The van der Waals surface area contributed by atoms with Crippen molar-refractivity contribution in [3.05, 3.63) is 92.9 Å². The van der Waals surface area contributed by atoms with Crippen molar-refractivity contribution in [1.82, 2.24) is 5.32 Å². The molecule has 1 atom stereocenters. The molecule has 1 aliphatic heterocycles. The number of rotatable bonds is 6. The fourth-order valence-corrected chi connectivity index (χ4v) is 4.34. The number of anilines is 2. The van der Waals surface area contributed by atoms with Crippen LogP contribution in [0.2, 0.25) is 5.02 Å². The van der Waals surface area contributed by atoms with Crippen molar-refractivity contribution in [3.8, 4) is 0 Å². The molecular weight excluding hydrogens is 506 g/mol. The number of hydrogen-bond donors (Lipinski definition) is 3. The SMILES string of the molecule is CCc1ccc(N2C(=O)Nc3ccc(Br)cc3C2(O)C(=O)NCCc2ccc(Cl)cc2)cc1. The summed E-state index contributed by atoms with van der Waals surface area (Å²) in [5.74, 6) is -0.690. The zero-order valence-electron chi connectivity index (χ0n) is 17.9. The summed E-state index contributed by atoms with van der Waals surface area (Å²) in [5, 5.41) is 18.1. The van der Waals surface area contributed by atoms with Gasteiger partial charge in [0.1, 0.15) is 0 Å². The Balaban J connectivity index is 1.68. The van der Waals surface area contributed by atoms with Crippen molar-refractivity contribution < 1.29 is 14.7 Å². The zero-order chi connectivity index (χ0) is 23.6. The highest BCUT2D eigenvalue weighted by Gasteiger charge is 2.52. The molecule has 0 aromatic heterocycles. The van der Waals surface area contributed by atoms with Crippen LogP contribution in [0.25, 0.3) is 0 Å². The van der Waals surface area contributed by atoms with Crippen molar-refractivity contribution in [2.24, 2.45) is 0 Å². The maximum atomic E-state index is 13.5. The van der Waals surface area contributed by atoms with E-state index in [2.05, 4.69) is 26.6 Å². The second kappa shape index (κ2) is 9.55. The highest BCUT2D eigenvalue weighted by atomic mass is 79.9. The Hall–Kier alpha value is -2.87. The minimum absolute atomic E-state index is 0.274. The second-order valence-electron chi connectivity index (χ2n) is 7.78. The first-order valence-electron chi connectivity index (χ1n) is 10.6. The van der Waals surface area contributed by atoms with E-state index in [0.29, 0.717) is 27.3 Å². The molecule has 0 aliphatic carbocycles. The van der Waals surface area contributed by atoms with E-state index in [9.17, 15) is 14.7 Å². The van der Waals surface area contributed by atoms with Crippen LogP contribution < -0.4 is 15.5 Å². The van der Waals surface area contributed by atoms with E-state index in [4.69, 9.17) is 11.6 Å². The third kappa shape index (κ3) is 4.62. The van der Waals surface area contributed by atoms with Crippen LogP contribution in [0.4, 0.5) is 16.2 Å². The first-order valence-corrected chi connectivity index (χ1v) is 11.8. The summed E-state index contributed by atoms with van der Waals surface area (Å²) in [4.78, 5) is 27.7. The molecule has 1 aliphatic rings. The van der Waals surface area contributed by atoms with Crippen molar-refractivity contribution >= 4 is 50.8 Å². The number of hydrogen-bond acceptors (Lipinski definition) is 3. The molecule has 0 saturated heterocycles. The molecule has 0 spiro atoms. The number of nitrogens with zero attached hydrogens (tertiary/aromatic N) is 1. The Kier molecular flexibility index (Phi) is 6.74. The lowest BCUT2D eigenvalue weighted by Gasteiger charge is -2.42. The fraction of sp³-hybridized carbons (Fsp3) is 0.200. The predicted octanol–water partition coefficient (Wildman–Crippen LogP) is 5.22. The summed E-state index contributed by atoms with van der Waals surface area (Å²) in [6.07, 6.45) is 1.37. The number of aryl methyl sites for hydroxylation is 1. The molecule has 33 heavy (non-hydrogen) atoms. The van der Waals surface area contributed by atoms with Crippen LogP contribution in [0.3, 0.4) is 0 Å². The minimum Gasteiger partial charge on any atom is -0.359 e. The summed E-state index contributed by atoms with van der Waals surface area (Å²) in [6, 6.07) is 19.0. The molecule has 0 fully saturated rings. The number of carbonyl (C=O) groups excluding carboxylic acids is 2. The van der Waals surface area contributed by atoms with E-state index < -0.39 is 17.7 Å². The Morgan fingerprint density at radius 2 is 1.76 bits per heavy atom. The summed E-state index contributed by atoms with van der Waals surface area (Å²) < 4.78 is 0.672. The topological polar surface area (TPSA) is 81.7 Å².